The number of fused-ring (bicyclic) bond motifs is 1. The third kappa shape index (κ3) is 4.41. The molecule has 1 aromatic carbocycles. The molecule has 0 aliphatic heterocycles. The van der Waals surface area contributed by atoms with Crippen LogP contribution in [0, 0.1) is 5.92 Å². The van der Waals surface area contributed by atoms with Crippen molar-refractivity contribution in [2.75, 3.05) is 11.9 Å². The molecule has 0 saturated carbocycles. The highest BCUT2D eigenvalue weighted by atomic mass is 16.3. The lowest BCUT2D eigenvalue weighted by Gasteiger charge is -2.22. The third-order valence-electron chi connectivity index (χ3n) is 4.11. The Morgan fingerprint density at radius 1 is 1.29 bits per heavy atom. The van der Waals surface area contributed by atoms with E-state index in [-0.39, 0.29) is 30.5 Å². The Labute approximate surface area is 142 Å². The molecule has 2 aromatic rings. The van der Waals surface area contributed by atoms with Crippen LogP contribution < -0.4 is 10.6 Å². The summed E-state index contributed by atoms with van der Waals surface area (Å²) < 4.78 is 0. The van der Waals surface area contributed by atoms with E-state index < -0.39 is 0 Å². The third-order valence-corrected chi connectivity index (χ3v) is 4.11. The van der Waals surface area contributed by atoms with Crippen molar-refractivity contribution in [2.24, 2.45) is 5.92 Å². The van der Waals surface area contributed by atoms with Gasteiger partial charge in [0.05, 0.1) is 18.2 Å². The van der Waals surface area contributed by atoms with Crippen molar-refractivity contribution in [3.63, 3.8) is 0 Å². The second-order valence-electron chi connectivity index (χ2n) is 6.41. The van der Waals surface area contributed by atoms with E-state index >= 15 is 0 Å². The van der Waals surface area contributed by atoms with Crippen LogP contribution >= 0.6 is 0 Å². The van der Waals surface area contributed by atoms with E-state index in [9.17, 15) is 9.90 Å². The fourth-order valence-corrected chi connectivity index (χ4v) is 2.40. The zero-order valence-electron chi connectivity index (χ0n) is 14.7. The molecule has 2 atom stereocenters. The van der Waals surface area contributed by atoms with E-state index in [0.29, 0.717) is 17.0 Å². The van der Waals surface area contributed by atoms with Crippen LogP contribution in [0.25, 0.3) is 10.9 Å². The molecule has 0 radical (unpaired) electrons. The van der Waals surface area contributed by atoms with Gasteiger partial charge in [-0.3, -0.25) is 4.79 Å². The molecule has 0 aliphatic carbocycles. The van der Waals surface area contributed by atoms with Gasteiger partial charge in [-0.25, -0.2) is 9.97 Å². The average molecular weight is 330 g/mol. The predicted molar refractivity (Wildman–Crippen MR) is 96.1 cm³/mol. The van der Waals surface area contributed by atoms with Gasteiger partial charge < -0.3 is 15.7 Å². The molecule has 1 heterocycles. The predicted octanol–water partition coefficient (Wildman–Crippen LogP) is 2.59. The van der Waals surface area contributed by atoms with Gasteiger partial charge >= 0.3 is 0 Å². The minimum absolute atomic E-state index is 0.0705. The molecule has 1 amide bonds. The summed E-state index contributed by atoms with van der Waals surface area (Å²) in [5, 5.41) is 16.4. The lowest BCUT2D eigenvalue weighted by Crippen LogP contribution is -2.41. The van der Waals surface area contributed by atoms with Gasteiger partial charge in [-0.15, -0.1) is 0 Å². The Bertz CT molecular complexity index is 702. The maximum Gasteiger partial charge on any atom is 0.251 e. The summed E-state index contributed by atoms with van der Waals surface area (Å²) in [6.07, 6.45) is 2.63. The molecule has 3 N–H and O–H groups in total. The number of aromatic nitrogens is 2. The van der Waals surface area contributed by atoms with E-state index in [2.05, 4.69) is 20.6 Å². The van der Waals surface area contributed by atoms with Gasteiger partial charge in [0.1, 0.15) is 0 Å². The van der Waals surface area contributed by atoms with E-state index in [1.54, 1.807) is 18.3 Å². The van der Waals surface area contributed by atoms with Gasteiger partial charge in [0, 0.05) is 23.2 Å². The minimum Gasteiger partial charge on any atom is -0.394 e. The van der Waals surface area contributed by atoms with Gasteiger partial charge in [-0.05, 0) is 31.9 Å². The number of amides is 1. The first-order valence-electron chi connectivity index (χ1n) is 8.39. The second-order valence-corrected chi connectivity index (χ2v) is 6.41. The summed E-state index contributed by atoms with van der Waals surface area (Å²) in [4.78, 5) is 21.2. The molecule has 0 aliphatic rings. The number of rotatable bonds is 7. The number of benzene rings is 1. The number of anilines is 1. The summed E-state index contributed by atoms with van der Waals surface area (Å²) >= 11 is 0. The second kappa shape index (κ2) is 8.06. The number of aliphatic hydroxyl groups is 1. The molecule has 130 valence electrons. The quantitative estimate of drug-likeness (QED) is 0.726. The first-order valence-corrected chi connectivity index (χ1v) is 8.39. The topological polar surface area (TPSA) is 87.1 Å². The summed E-state index contributed by atoms with van der Waals surface area (Å²) in [6.45, 7) is 8.01. The van der Waals surface area contributed by atoms with Crippen LogP contribution in [0.4, 0.5) is 5.95 Å². The van der Waals surface area contributed by atoms with Crippen molar-refractivity contribution in [3.8, 4) is 0 Å². The van der Waals surface area contributed by atoms with E-state index in [1.165, 1.54) is 0 Å². The number of carbonyl (C=O) groups excluding carboxylic acids is 1. The molecule has 0 fully saturated rings. The summed E-state index contributed by atoms with van der Waals surface area (Å²) in [5.41, 5.74) is 1.24. The van der Waals surface area contributed by atoms with Crippen LogP contribution in [0.3, 0.4) is 0 Å². The smallest absolute Gasteiger partial charge is 0.251 e. The van der Waals surface area contributed by atoms with Crippen LogP contribution in [0.15, 0.2) is 24.4 Å². The zero-order chi connectivity index (χ0) is 17.7. The lowest BCUT2D eigenvalue weighted by atomic mass is 9.99. The van der Waals surface area contributed by atoms with E-state index in [4.69, 9.17) is 0 Å². The molecule has 24 heavy (non-hydrogen) atoms. The number of hydrogen-bond acceptors (Lipinski definition) is 5. The van der Waals surface area contributed by atoms with Crippen molar-refractivity contribution in [3.05, 3.63) is 30.0 Å². The maximum absolute atomic E-state index is 12.5. The summed E-state index contributed by atoms with van der Waals surface area (Å²) in [5.74, 6) is 0.555. The summed E-state index contributed by atoms with van der Waals surface area (Å²) in [6, 6.07) is 5.32. The molecule has 0 unspecified atom stereocenters. The van der Waals surface area contributed by atoms with Crippen molar-refractivity contribution in [1.82, 2.24) is 15.3 Å². The highest BCUT2D eigenvalue weighted by molar-refractivity contribution is 5.98. The standard InChI is InChI=1S/C18H26N4O2/c1-5-12(4)16(10-23)21-17(24)13-6-7-14-9-19-18(20-11(2)3)22-15(14)8-13/h6-9,11-12,16,23H,5,10H2,1-4H3,(H,21,24)(H,19,20,22)/t12-,16+/m0/s1. The molecule has 6 heteroatoms. The Hall–Kier alpha value is -2.21. The number of hydrogen-bond donors (Lipinski definition) is 3. The molecule has 0 spiro atoms. The average Bonchev–Trinajstić information content (AvgIpc) is 2.57. The zero-order valence-corrected chi connectivity index (χ0v) is 14.7. The van der Waals surface area contributed by atoms with Crippen LogP contribution in [-0.4, -0.2) is 39.7 Å². The Morgan fingerprint density at radius 3 is 2.67 bits per heavy atom. The van der Waals surface area contributed by atoms with Crippen molar-refractivity contribution < 1.29 is 9.90 Å². The van der Waals surface area contributed by atoms with E-state index in [1.807, 2.05) is 33.8 Å². The summed E-state index contributed by atoms with van der Waals surface area (Å²) in [7, 11) is 0. The van der Waals surface area contributed by atoms with Gasteiger partial charge in [0.25, 0.3) is 5.91 Å². The van der Waals surface area contributed by atoms with Gasteiger partial charge in [0.2, 0.25) is 5.95 Å². The first kappa shape index (κ1) is 18.1. The van der Waals surface area contributed by atoms with E-state index in [0.717, 1.165) is 11.8 Å². The molecule has 1 aromatic heterocycles. The van der Waals surface area contributed by atoms with Crippen LogP contribution in [-0.2, 0) is 0 Å². The Kier molecular flexibility index (Phi) is 6.09. The first-order chi connectivity index (χ1) is 11.4. The normalized spacial score (nSPS) is 13.8. The van der Waals surface area contributed by atoms with Crippen LogP contribution in [0.1, 0.15) is 44.5 Å². The maximum atomic E-state index is 12.5. The fourth-order valence-electron chi connectivity index (χ4n) is 2.40. The number of carbonyl (C=O) groups is 1. The molecular weight excluding hydrogens is 304 g/mol. The van der Waals surface area contributed by atoms with Gasteiger partial charge in [0.15, 0.2) is 0 Å². The Morgan fingerprint density at radius 2 is 2.04 bits per heavy atom. The lowest BCUT2D eigenvalue weighted by molar-refractivity contribution is 0.0891. The van der Waals surface area contributed by atoms with Crippen LogP contribution in [0.5, 0.6) is 0 Å². The minimum atomic E-state index is -0.248. The molecular formula is C18H26N4O2. The Balaban J connectivity index is 2.23. The van der Waals surface area contributed by atoms with Gasteiger partial charge in [-0.2, -0.15) is 0 Å². The number of nitrogens with zero attached hydrogens (tertiary/aromatic N) is 2. The van der Waals surface area contributed by atoms with Crippen molar-refractivity contribution in [2.45, 2.75) is 46.2 Å². The fraction of sp³-hybridized carbons (Fsp3) is 0.500. The van der Waals surface area contributed by atoms with Crippen LogP contribution in [0.2, 0.25) is 0 Å². The van der Waals surface area contributed by atoms with Crippen molar-refractivity contribution in [1.29, 1.82) is 0 Å². The SMILES string of the molecule is CC[C@H](C)[C@@H](CO)NC(=O)c1ccc2cnc(NC(C)C)nc2c1. The highest BCUT2D eigenvalue weighted by Gasteiger charge is 2.18. The van der Waals surface area contributed by atoms with Gasteiger partial charge in [-0.1, -0.05) is 26.3 Å². The molecule has 0 bridgehead atoms. The molecule has 2 rings (SSSR count). The molecule has 0 saturated heterocycles. The number of aliphatic hydroxyl groups excluding tert-OH is 1. The largest absolute Gasteiger partial charge is 0.394 e. The highest BCUT2D eigenvalue weighted by Crippen LogP contribution is 2.16. The van der Waals surface area contributed by atoms with Crippen molar-refractivity contribution >= 4 is 22.8 Å². The number of nitrogens with one attached hydrogen (secondary N) is 2. The molecule has 6 nitrogen and oxygen atoms in total. The monoisotopic (exact) mass is 330 g/mol.